The first-order valence-electron chi connectivity index (χ1n) is 9.16. The molecule has 3 N–H and O–H groups in total. The van der Waals surface area contributed by atoms with Crippen molar-refractivity contribution in [2.45, 2.75) is 45.7 Å². The number of carbonyl (C=O) groups is 3. The summed E-state index contributed by atoms with van der Waals surface area (Å²) in [6.45, 7) is 8.89. The van der Waals surface area contributed by atoms with Crippen molar-refractivity contribution in [1.29, 1.82) is 0 Å². The third kappa shape index (κ3) is 8.39. The number of benzene rings is 1. The molecule has 0 saturated carbocycles. The molecule has 2 rings (SSSR count). The number of carbonyl (C=O) groups excluding carboxylic acids is 1. The number of ether oxygens (including phenoxy) is 1. The number of likely N-dealkylation sites (tertiary alicyclic amines) is 1. The number of aliphatic carboxylic acids is 2. The van der Waals surface area contributed by atoms with E-state index in [0.29, 0.717) is 0 Å². The highest BCUT2D eigenvalue weighted by atomic mass is 16.5. The molecular weight excluding hydrogens is 364 g/mol. The van der Waals surface area contributed by atoms with Crippen LogP contribution in [-0.2, 0) is 20.9 Å². The van der Waals surface area contributed by atoms with Crippen LogP contribution in [0.3, 0.4) is 0 Å². The predicted molar refractivity (Wildman–Crippen MR) is 104 cm³/mol. The lowest BCUT2D eigenvalue weighted by Gasteiger charge is -2.33. The van der Waals surface area contributed by atoms with Gasteiger partial charge in [0, 0.05) is 23.6 Å². The van der Waals surface area contributed by atoms with E-state index in [4.69, 9.17) is 24.5 Å². The minimum Gasteiger partial charge on any atom is -0.496 e. The van der Waals surface area contributed by atoms with E-state index in [-0.39, 0.29) is 17.4 Å². The van der Waals surface area contributed by atoms with E-state index in [1.807, 2.05) is 39.0 Å². The summed E-state index contributed by atoms with van der Waals surface area (Å²) < 4.78 is 5.41. The summed E-state index contributed by atoms with van der Waals surface area (Å²) in [6.07, 6.45) is 1.86. The van der Waals surface area contributed by atoms with E-state index in [2.05, 4.69) is 16.3 Å². The molecule has 1 heterocycles. The van der Waals surface area contributed by atoms with Gasteiger partial charge in [-0.05, 0) is 52.8 Å². The molecule has 156 valence electrons. The Bertz CT molecular complexity index is 664. The van der Waals surface area contributed by atoms with Crippen LogP contribution in [0.25, 0.3) is 0 Å². The largest absolute Gasteiger partial charge is 0.496 e. The van der Waals surface area contributed by atoms with Gasteiger partial charge in [0.1, 0.15) is 5.75 Å². The van der Waals surface area contributed by atoms with Crippen LogP contribution >= 0.6 is 0 Å². The second-order valence-corrected chi connectivity index (χ2v) is 7.71. The SMILES string of the molecule is COc1ccccc1CN1CCC(C(=O)NC(C)(C)C)CC1.O=C(O)C(=O)O. The number of carboxylic acids is 2. The Kier molecular flexibility index (Phi) is 8.91. The zero-order valence-corrected chi connectivity index (χ0v) is 16.9. The van der Waals surface area contributed by atoms with E-state index in [0.717, 1.165) is 38.2 Å². The number of para-hydroxylation sites is 1. The number of amides is 1. The highest BCUT2D eigenvalue weighted by Crippen LogP contribution is 2.23. The van der Waals surface area contributed by atoms with Crippen molar-refractivity contribution in [3.05, 3.63) is 29.8 Å². The molecule has 0 bridgehead atoms. The van der Waals surface area contributed by atoms with Crippen molar-refractivity contribution >= 4 is 17.8 Å². The van der Waals surface area contributed by atoms with Gasteiger partial charge in [-0.1, -0.05) is 18.2 Å². The van der Waals surface area contributed by atoms with E-state index in [9.17, 15) is 4.79 Å². The number of hydrogen-bond donors (Lipinski definition) is 3. The fourth-order valence-corrected chi connectivity index (χ4v) is 2.90. The van der Waals surface area contributed by atoms with E-state index in [1.165, 1.54) is 5.56 Å². The Morgan fingerprint density at radius 1 is 1.11 bits per heavy atom. The summed E-state index contributed by atoms with van der Waals surface area (Å²) in [4.78, 5) is 32.8. The molecule has 1 fully saturated rings. The lowest BCUT2D eigenvalue weighted by molar-refractivity contribution is -0.159. The molecule has 0 radical (unpaired) electrons. The van der Waals surface area contributed by atoms with E-state index < -0.39 is 11.9 Å². The first kappa shape index (κ1) is 23.4. The van der Waals surface area contributed by atoms with Gasteiger partial charge in [-0.15, -0.1) is 0 Å². The van der Waals surface area contributed by atoms with Crippen LogP contribution in [0.2, 0.25) is 0 Å². The molecular formula is C20H30N2O6. The van der Waals surface area contributed by atoms with Gasteiger partial charge in [0.2, 0.25) is 5.91 Å². The molecule has 0 aromatic heterocycles. The Labute approximate surface area is 165 Å². The number of carboxylic acid groups (broad SMARTS) is 2. The predicted octanol–water partition coefficient (Wildman–Crippen LogP) is 1.98. The first-order chi connectivity index (χ1) is 13.0. The molecule has 1 saturated heterocycles. The van der Waals surface area contributed by atoms with Crippen molar-refractivity contribution in [1.82, 2.24) is 10.2 Å². The summed E-state index contributed by atoms with van der Waals surface area (Å²) in [7, 11) is 1.71. The van der Waals surface area contributed by atoms with Gasteiger partial charge < -0.3 is 20.3 Å². The number of rotatable bonds is 4. The number of nitrogens with one attached hydrogen (secondary N) is 1. The molecule has 1 aromatic rings. The van der Waals surface area contributed by atoms with Gasteiger partial charge in [-0.2, -0.15) is 0 Å². The summed E-state index contributed by atoms with van der Waals surface area (Å²) in [5.74, 6) is -2.36. The normalized spacial score (nSPS) is 15.1. The zero-order chi connectivity index (χ0) is 21.3. The average molecular weight is 394 g/mol. The van der Waals surface area contributed by atoms with Gasteiger partial charge in [0.25, 0.3) is 0 Å². The number of piperidine rings is 1. The summed E-state index contributed by atoms with van der Waals surface area (Å²) in [5.41, 5.74) is 1.06. The summed E-state index contributed by atoms with van der Waals surface area (Å²) in [5, 5.41) is 17.9. The molecule has 1 aliphatic heterocycles. The molecule has 1 aromatic carbocycles. The quantitative estimate of drug-likeness (QED) is 0.669. The van der Waals surface area contributed by atoms with Crippen molar-refractivity contribution in [2.24, 2.45) is 5.92 Å². The maximum Gasteiger partial charge on any atom is 0.414 e. The lowest BCUT2D eigenvalue weighted by Crippen LogP contribution is -2.46. The molecule has 0 atom stereocenters. The number of methoxy groups -OCH3 is 1. The molecule has 0 aliphatic carbocycles. The molecule has 28 heavy (non-hydrogen) atoms. The summed E-state index contributed by atoms with van der Waals surface area (Å²) >= 11 is 0. The molecule has 1 aliphatic rings. The van der Waals surface area contributed by atoms with Crippen molar-refractivity contribution in [3.8, 4) is 5.75 Å². The van der Waals surface area contributed by atoms with Crippen LogP contribution in [0.5, 0.6) is 5.75 Å². The Morgan fingerprint density at radius 2 is 1.64 bits per heavy atom. The third-order valence-corrected chi connectivity index (χ3v) is 4.23. The lowest BCUT2D eigenvalue weighted by atomic mass is 9.94. The molecule has 1 amide bonds. The maximum absolute atomic E-state index is 12.2. The van der Waals surface area contributed by atoms with E-state index >= 15 is 0 Å². The molecule has 0 unspecified atom stereocenters. The van der Waals surface area contributed by atoms with Crippen LogP contribution in [0.1, 0.15) is 39.2 Å². The monoisotopic (exact) mass is 394 g/mol. The summed E-state index contributed by atoms with van der Waals surface area (Å²) in [6, 6.07) is 8.14. The third-order valence-electron chi connectivity index (χ3n) is 4.23. The second-order valence-electron chi connectivity index (χ2n) is 7.71. The Morgan fingerprint density at radius 3 is 2.11 bits per heavy atom. The fraction of sp³-hybridized carbons (Fsp3) is 0.550. The van der Waals surface area contributed by atoms with Gasteiger partial charge in [0.05, 0.1) is 7.11 Å². The maximum atomic E-state index is 12.2. The molecule has 8 heteroatoms. The minimum absolute atomic E-state index is 0.146. The van der Waals surface area contributed by atoms with Crippen molar-refractivity contribution in [3.63, 3.8) is 0 Å². The molecule has 8 nitrogen and oxygen atoms in total. The highest BCUT2D eigenvalue weighted by Gasteiger charge is 2.27. The average Bonchev–Trinajstić information content (AvgIpc) is 2.61. The van der Waals surface area contributed by atoms with Crippen LogP contribution < -0.4 is 10.1 Å². The molecule has 0 spiro atoms. The van der Waals surface area contributed by atoms with Crippen LogP contribution in [0.4, 0.5) is 0 Å². The zero-order valence-electron chi connectivity index (χ0n) is 16.9. The second kappa shape index (κ2) is 10.7. The van der Waals surface area contributed by atoms with Crippen molar-refractivity contribution < 1.29 is 29.3 Å². The van der Waals surface area contributed by atoms with Crippen LogP contribution in [0, 0.1) is 5.92 Å². The van der Waals surface area contributed by atoms with Gasteiger partial charge in [0.15, 0.2) is 0 Å². The van der Waals surface area contributed by atoms with Crippen LogP contribution in [-0.4, -0.2) is 58.7 Å². The number of nitrogens with zero attached hydrogens (tertiary/aromatic N) is 1. The standard InChI is InChI=1S/C18H28N2O2.C2H2O4/c1-18(2,3)19-17(21)14-9-11-20(12-10-14)13-15-7-5-6-8-16(15)22-4;3-1(4)2(5)6/h5-8,14H,9-13H2,1-4H3,(H,19,21);(H,3,4)(H,5,6). The smallest absolute Gasteiger partial charge is 0.414 e. The van der Waals surface area contributed by atoms with E-state index in [1.54, 1.807) is 7.11 Å². The van der Waals surface area contributed by atoms with Crippen LogP contribution in [0.15, 0.2) is 24.3 Å². The van der Waals surface area contributed by atoms with Gasteiger partial charge >= 0.3 is 11.9 Å². The van der Waals surface area contributed by atoms with Crippen molar-refractivity contribution in [2.75, 3.05) is 20.2 Å². The first-order valence-corrected chi connectivity index (χ1v) is 9.16. The Balaban J connectivity index is 0.000000568. The fourth-order valence-electron chi connectivity index (χ4n) is 2.90. The Hall–Kier alpha value is -2.61. The highest BCUT2D eigenvalue weighted by molar-refractivity contribution is 6.27. The van der Waals surface area contributed by atoms with Gasteiger partial charge in [-0.25, -0.2) is 9.59 Å². The minimum atomic E-state index is -1.82. The topological polar surface area (TPSA) is 116 Å². The number of hydrogen-bond acceptors (Lipinski definition) is 5. The van der Waals surface area contributed by atoms with Gasteiger partial charge in [-0.3, -0.25) is 9.69 Å².